The summed E-state index contributed by atoms with van der Waals surface area (Å²) < 4.78 is 0. The Morgan fingerprint density at radius 2 is 1.03 bits per heavy atom. The summed E-state index contributed by atoms with van der Waals surface area (Å²) in [7, 11) is 0. The Hall–Kier alpha value is -4.02. The van der Waals surface area contributed by atoms with Crippen LogP contribution in [0.2, 0.25) is 5.82 Å². The SMILES string of the molecule is c1ccc(CC(CN(Cc2ccccc2)Cc2ccccc2)B2Nc3cccc4cccc(c34)N2)cc1. The van der Waals surface area contributed by atoms with Crippen LogP contribution in [0.15, 0.2) is 127 Å². The van der Waals surface area contributed by atoms with Crippen molar-refractivity contribution in [2.45, 2.75) is 25.3 Å². The van der Waals surface area contributed by atoms with Crippen molar-refractivity contribution >= 4 is 29.1 Å². The number of nitrogens with zero attached hydrogens (tertiary/aromatic N) is 1. The Morgan fingerprint density at radius 3 is 1.54 bits per heavy atom. The van der Waals surface area contributed by atoms with Crippen LogP contribution in [0.3, 0.4) is 0 Å². The fraction of sp³-hybridized carbons (Fsp3) is 0.152. The Kier molecular flexibility index (Phi) is 6.91. The van der Waals surface area contributed by atoms with E-state index in [1.54, 1.807) is 0 Å². The van der Waals surface area contributed by atoms with E-state index >= 15 is 0 Å². The second kappa shape index (κ2) is 10.9. The molecule has 0 saturated heterocycles. The lowest BCUT2D eigenvalue weighted by atomic mass is 9.58. The molecule has 6 rings (SSSR count). The van der Waals surface area contributed by atoms with Gasteiger partial charge in [0, 0.05) is 29.9 Å². The molecule has 0 aromatic heterocycles. The Balaban J connectivity index is 1.32. The van der Waals surface area contributed by atoms with Crippen molar-refractivity contribution in [2.75, 3.05) is 17.0 Å². The van der Waals surface area contributed by atoms with Gasteiger partial charge in [-0.3, -0.25) is 4.90 Å². The molecule has 5 aromatic rings. The fourth-order valence-corrected chi connectivity index (χ4v) is 5.59. The zero-order valence-electron chi connectivity index (χ0n) is 21.1. The molecule has 0 spiro atoms. The number of rotatable bonds is 9. The lowest BCUT2D eigenvalue weighted by Crippen LogP contribution is -2.46. The first-order chi connectivity index (χ1) is 18.3. The maximum absolute atomic E-state index is 3.88. The van der Waals surface area contributed by atoms with Gasteiger partial charge >= 0.3 is 6.98 Å². The lowest BCUT2D eigenvalue weighted by molar-refractivity contribution is 0.252. The normalized spacial score (nSPS) is 13.3. The molecule has 0 radical (unpaired) electrons. The van der Waals surface area contributed by atoms with Gasteiger partial charge in [0.15, 0.2) is 0 Å². The molecule has 0 fully saturated rings. The molecule has 0 bridgehead atoms. The van der Waals surface area contributed by atoms with Gasteiger partial charge in [-0.2, -0.15) is 0 Å². The van der Waals surface area contributed by atoms with E-state index in [1.807, 2.05) is 0 Å². The highest BCUT2D eigenvalue weighted by atomic mass is 15.1. The van der Waals surface area contributed by atoms with Gasteiger partial charge in [0.1, 0.15) is 0 Å². The molecule has 1 heterocycles. The second-order valence-electron chi connectivity index (χ2n) is 10.1. The smallest absolute Gasteiger partial charge is 0.375 e. The van der Waals surface area contributed by atoms with Gasteiger partial charge in [-0.15, -0.1) is 0 Å². The maximum atomic E-state index is 3.88. The molecule has 5 aromatic carbocycles. The molecule has 1 unspecified atom stereocenters. The minimum atomic E-state index is 0.120. The summed E-state index contributed by atoms with van der Waals surface area (Å²) in [4.78, 5) is 2.60. The highest BCUT2D eigenvalue weighted by Crippen LogP contribution is 2.36. The molecule has 1 atom stereocenters. The molecule has 1 aliphatic heterocycles. The summed E-state index contributed by atoms with van der Waals surface area (Å²) in [5, 5.41) is 10.3. The third-order valence-electron chi connectivity index (χ3n) is 7.33. The Labute approximate surface area is 220 Å². The first kappa shape index (κ1) is 23.4. The minimum absolute atomic E-state index is 0.120. The molecular formula is C33H32BN3. The summed E-state index contributed by atoms with van der Waals surface area (Å²) in [6.07, 6.45) is 0.990. The van der Waals surface area contributed by atoms with Gasteiger partial charge in [0.25, 0.3) is 0 Å². The van der Waals surface area contributed by atoms with Crippen LogP contribution in [0.1, 0.15) is 16.7 Å². The number of nitrogens with one attached hydrogen (secondary N) is 2. The fourth-order valence-electron chi connectivity index (χ4n) is 5.59. The maximum Gasteiger partial charge on any atom is 0.375 e. The molecule has 0 aliphatic carbocycles. The molecule has 0 amide bonds. The number of hydrogen-bond acceptors (Lipinski definition) is 3. The number of benzene rings is 5. The van der Waals surface area contributed by atoms with Crippen molar-refractivity contribution < 1.29 is 0 Å². The topological polar surface area (TPSA) is 27.3 Å². The molecule has 37 heavy (non-hydrogen) atoms. The average molecular weight is 481 g/mol. The lowest BCUT2D eigenvalue weighted by Gasteiger charge is -2.35. The highest BCUT2D eigenvalue weighted by Gasteiger charge is 2.33. The van der Waals surface area contributed by atoms with E-state index in [9.17, 15) is 0 Å². The Bertz CT molecular complexity index is 1360. The van der Waals surface area contributed by atoms with Crippen LogP contribution in [0.5, 0.6) is 0 Å². The quantitative estimate of drug-likeness (QED) is 0.214. The van der Waals surface area contributed by atoms with Gasteiger partial charge in [0.05, 0.1) is 0 Å². The van der Waals surface area contributed by atoms with Crippen LogP contribution in [0, 0.1) is 0 Å². The van der Waals surface area contributed by atoms with Crippen LogP contribution in [0.4, 0.5) is 11.4 Å². The molecule has 3 nitrogen and oxygen atoms in total. The van der Waals surface area contributed by atoms with Crippen LogP contribution >= 0.6 is 0 Å². The summed E-state index contributed by atoms with van der Waals surface area (Å²) in [5.74, 6) is 0.346. The van der Waals surface area contributed by atoms with Crippen molar-refractivity contribution in [3.63, 3.8) is 0 Å². The van der Waals surface area contributed by atoms with E-state index < -0.39 is 0 Å². The van der Waals surface area contributed by atoms with E-state index in [0.29, 0.717) is 5.82 Å². The molecule has 182 valence electrons. The molecule has 0 saturated carbocycles. The van der Waals surface area contributed by atoms with Crippen LogP contribution < -0.4 is 10.5 Å². The van der Waals surface area contributed by atoms with Crippen LogP contribution in [0.25, 0.3) is 10.8 Å². The minimum Gasteiger partial charge on any atom is -0.409 e. The van der Waals surface area contributed by atoms with E-state index in [1.165, 1.54) is 38.8 Å². The largest absolute Gasteiger partial charge is 0.409 e. The second-order valence-corrected chi connectivity index (χ2v) is 10.1. The van der Waals surface area contributed by atoms with E-state index in [0.717, 1.165) is 26.1 Å². The standard InChI is InChI=1S/C33H32BN3/c1-4-12-26(13-5-1)22-30(34-35-31-20-10-18-29-19-11-21-32(36-34)33(29)31)25-37(23-27-14-6-2-7-15-27)24-28-16-8-3-9-17-28/h1-21,30,35-36H,22-25H2. The zero-order chi connectivity index (χ0) is 24.9. The number of anilines is 2. The van der Waals surface area contributed by atoms with Crippen molar-refractivity contribution in [1.29, 1.82) is 0 Å². The van der Waals surface area contributed by atoms with Crippen LogP contribution in [-0.4, -0.2) is 18.4 Å². The third kappa shape index (κ3) is 5.55. The van der Waals surface area contributed by atoms with Crippen molar-refractivity contribution in [3.8, 4) is 0 Å². The monoisotopic (exact) mass is 481 g/mol. The summed E-state index contributed by atoms with van der Waals surface area (Å²) in [6.45, 7) is 2.91. The van der Waals surface area contributed by atoms with E-state index in [-0.39, 0.29) is 6.98 Å². The van der Waals surface area contributed by atoms with E-state index in [2.05, 4.69) is 143 Å². The highest BCUT2D eigenvalue weighted by molar-refractivity contribution is 6.69. The first-order valence-corrected chi connectivity index (χ1v) is 13.2. The summed E-state index contributed by atoms with van der Waals surface area (Å²) in [6, 6.07) is 45.7. The number of hydrogen-bond donors (Lipinski definition) is 2. The molecule has 1 aliphatic rings. The van der Waals surface area contributed by atoms with Gasteiger partial charge in [-0.1, -0.05) is 115 Å². The zero-order valence-corrected chi connectivity index (χ0v) is 21.1. The van der Waals surface area contributed by atoms with Gasteiger partial charge in [-0.05, 0) is 53.0 Å². The summed E-state index contributed by atoms with van der Waals surface area (Å²) >= 11 is 0. The first-order valence-electron chi connectivity index (χ1n) is 13.2. The average Bonchev–Trinajstić information content (AvgIpc) is 2.95. The molecule has 4 heteroatoms. The molecule has 2 N–H and O–H groups in total. The van der Waals surface area contributed by atoms with Crippen molar-refractivity contribution in [3.05, 3.63) is 144 Å². The van der Waals surface area contributed by atoms with Gasteiger partial charge < -0.3 is 10.5 Å². The van der Waals surface area contributed by atoms with Crippen molar-refractivity contribution in [2.24, 2.45) is 0 Å². The van der Waals surface area contributed by atoms with Crippen molar-refractivity contribution in [1.82, 2.24) is 4.90 Å². The van der Waals surface area contributed by atoms with Crippen LogP contribution in [-0.2, 0) is 19.5 Å². The van der Waals surface area contributed by atoms with Gasteiger partial charge in [0.2, 0.25) is 0 Å². The predicted molar refractivity (Wildman–Crippen MR) is 158 cm³/mol. The molecular weight excluding hydrogens is 449 g/mol. The summed E-state index contributed by atoms with van der Waals surface area (Å²) in [5.41, 5.74) is 6.49. The predicted octanol–water partition coefficient (Wildman–Crippen LogP) is 7.48. The Morgan fingerprint density at radius 1 is 0.541 bits per heavy atom. The van der Waals surface area contributed by atoms with Gasteiger partial charge in [-0.25, -0.2) is 0 Å². The van der Waals surface area contributed by atoms with E-state index in [4.69, 9.17) is 0 Å². The third-order valence-corrected chi connectivity index (χ3v) is 7.33.